The summed E-state index contributed by atoms with van der Waals surface area (Å²) in [7, 11) is 0. The van der Waals surface area contributed by atoms with Crippen LogP contribution >= 0.6 is 11.3 Å². The molecule has 0 radical (unpaired) electrons. The second kappa shape index (κ2) is 11.4. The van der Waals surface area contributed by atoms with E-state index in [2.05, 4.69) is 158 Å². The third-order valence-corrected chi connectivity index (χ3v) is 10.00. The standard InChI is InChI=1S/C43H27N3S/c1-2-12-28(13-3-1)29-24-26-31(27-25-29)41-44-42(37-19-7-6-17-34(37)33-20-10-15-30-14-4-5-16-32(30)33)46-43(45-41)38-22-11-21-36-35-18-8-9-23-39(35)47-40(36)38/h1-27H. The number of benzene rings is 7. The van der Waals surface area contributed by atoms with Gasteiger partial charge in [0.25, 0.3) is 0 Å². The van der Waals surface area contributed by atoms with E-state index < -0.39 is 0 Å². The maximum atomic E-state index is 5.24. The van der Waals surface area contributed by atoms with Gasteiger partial charge in [0.2, 0.25) is 0 Å². The lowest BCUT2D eigenvalue weighted by Gasteiger charge is -2.14. The summed E-state index contributed by atoms with van der Waals surface area (Å²) in [5.74, 6) is 1.97. The quantitative estimate of drug-likeness (QED) is 0.193. The van der Waals surface area contributed by atoms with E-state index in [9.17, 15) is 0 Å². The van der Waals surface area contributed by atoms with Crippen molar-refractivity contribution in [3.8, 4) is 56.4 Å². The topological polar surface area (TPSA) is 38.7 Å². The summed E-state index contributed by atoms with van der Waals surface area (Å²) in [6.45, 7) is 0. The van der Waals surface area contributed by atoms with Gasteiger partial charge in [-0.2, -0.15) is 0 Å². The Morgan fingerprint density at radius 3 is 1.70 bits per heavy atom. The lowest BCUT2D eigenvalue weighted by molar-refractivity contribution is 1.08. The molecule has 9 aromatic rings. The first-order chi connectivity index (χ1) is 23.3. The third-order valence-electron chi connectivity index (χ3n) is 8.78. The van der Waals surface area contributed by atoms with E-state index in [4.69, 9.17) is 15.0 Å². The molecule has 0 bridgehead atoms. The van der Waals surface area contributed by atoms with Crippen molar-refractivity contribution in [3.05, 3.63) is 164 Å². The summed E-state index contributed by atoms with van der Waals surface area (Å²) in [4.78, 5) is 15.6. The SMILES string of the molecule is c1ccc(-c2ccc(-c3nc(-c4ccccc4-c4cccc5ccccc45)nc(-c4cccc5c4sc4ccccc45)n3)cc2)cc1. The maximum absolute atomic E-state index is 5.24. The highest BCUT2D eigenvalue weighted by atomic mass is 32.1. The van der Waals surface area contributed by atoms with E-state index in [0.29, 0.717) is 17.5 Å². The average molecular weight is 618 g/mol. The number of rotatable bonds is 5. The highest BCUT2D eigenvalue weighted by Crippen LogP contribution is 2.41. The van der Waals surface area contributed by atoms with Crippen molar-refractivity contribution < 1.29 is 0 Å². The van der Waals surface area contributed by atoms with Crippen LogP contribution in [0.1, 0.15) is 0 Å². The van der Waals surface area contributed by atoms with Crippen LogP contribution in [0.2, 0.25) is 0 Å². The lowest BCUT2D eigenvalue weighted by Crippen LogP contribution is -2.01. The van der Waals surface area contributed by atoms with Crippen LogP contribution in [0.4, 0.5) is 0 Å². The lowest BCUT2D eigenvalue weighted by atomic mass is 9.94. The number of fused-ring (bicyclic) bond motifs is 4. The van der Waals surface area contributed by atoms with E-state index in [0.717, 1.165) is 33.4 Å². The molecule has 2 aromatic heterocycles. The summed E-state index contributed by atoms with van der Waals surface area (Å²) < 4.78 is 2.43. The Hall–Kier alpha value is -5.97. The summed E-state index contributed by atoms with van der Waals surface area (Å²) in [5, 5.41) is 4.87. The molecule has 220 valence electrons. The van der Waals surface area contributed by atoms with Crippen LogP contribution < -0.4 is 0 Å². The Bertz CT molecular complexity index is 2560. The summed E-state index contributed by atoms with van der Waals surface area (Å²) in [6, 6.07) is 57.4. The molecule has 4 heteroatoms. The van der Waals surface area contributed by atoms with Gasteiger partial charge in [-0.25, -0.2) is 15.0 Å². The van der Waals surface area contributed by atoms with Gasteiger partial charge >= 0.3 is 0 Å². The predicted octanol–water partition coefficient (Wildman–Crippen LogP) is 11.7. The van der Waals surface area contributed by atoms with Gasteiger partial charge in [-0.05, 0) is 45.2 Å². The number of hydrogen-bond donors (Lipinski definition) is 0. The van der Waals surface area contributed by atoms with Gasteiger partial charge in [-0.1, -0.05) is 152 Å². The molecule has 0 N–H and O–H groups in total. The molecule has 0 fully saturated rings. The molecular weight excluding hydrogens is 591 g/mol. The molecule has 47 heavy (non-hydrogen) atoms. The molecule has 0 aliphatic heterocycles. The molecule has 2 heterocycles. The number of thiophene rings is 1. The first-order valence-electron chi connectivity index (χ1n) is 15.7. The van der Waals surface area contributed by atoms with Crippen LogP contribution in [-0.2, 0) is 0 Å². The molecule has 9 rings (SSSR count). The first kappa shape index (κ1) is 27.3. The summed E-state index contributed by atoms with van der Waals surface area (Å²) in [6.07, 6.45) is 0. The Labute approximate surface area is 276 Å². The fourth-order valence-corrected chi connectivity index (χ4v) is 7.70. The van der Waals surface area contributed by atoms with E-state index in [1.807, 2.05) is 6.07 Å². The highest BCUT2D eigenvalue weighted by Gasteiger charge is 2.19. The van der Waals surface area contributed by atoms with Crippen LogP contribution in [0, 0.1) is 0 Å². The van der Waals surface area contributed by atoms with E-state index in [-0.39, 0.29) is 0 Å². The van der Waals surface area contributed by atoms with Crippen molar-refractivity contribution in [3.63, 3.8) is 0 Å². The van der Waals surface area contributed by atoms with Gasteiger partial charge in [0.1, 0.15) is 0 Å². The largest absolute Gasteiger partial charge is 0.208 e. The fourth-order valence-electron chi connectivity index (χ4n) is 6.48. The van der Waals surface area contributed by atoms with Crippen molar-refractivity contribution in [2.75, 3.05) is 0 Å². The van der Waals surface area contributed by atoms with E-state index >= 15 is 0 Å². The Morgan fingerprint density at radius 2 is 0.851 bits per heavy atom. The summed E-state index contributed by atoms with van der Waals surface area (Å²) in [5.41, 5.74) is 7.50. The van der Waals surface area contributed by atoms with Crippen LogP contribution in [0.15, 0.2) is 164 Å². The molecule has 7 aromatic carbocycles. The number of hydrogen-bond acceptors (Lipinski definition) is 4. The van der Waals surface area contributed by atoms with Gasteiger partial charge in [0.15, 0.2) is 17.5 Å². The molecule has 0 saturated heterocycles. The first-order valence-corrected chi connectivity index (χ1v) is 16.5. The average Bonchev–Trinajstić information content (AvgIpc) is 3.54. The zero-order chi connectivity index (χ0) is 31.2. The fraction of sp³-hybridized carbons (Fsp3) is 0. The van der Waals surface area contributed by atoms with Crippen molar-refractivity contribution in [1.82, 2.24) is 15.0 Å². The van der Waals surface area contributed by atoms with Gasteiger partial charge in [-0.3, -0.25) is 0 Å². The molecule has 0 spiro atoms. The maximum Gasteiger partial charge on any atom is 0.165 e. The number of aromatic nitrogens is 3. The van der Waals surface area contributed by atoms with Crippen molar-refractivity contribution in [2.45, 2.75) is 0 Å². The minimum Gasteiger partial charge on any atom is -0.208 e. The second-order valence-electron chi connectivity index (χ2n) is 11.6. The minimum atomic E-state index is 0.649. The van der Waals surface area contributed by atoms with Crippen molar-refractivity contribution >= 4 is 42.3 Å². The Kier molecular flexibility index (Phi) is 6.65. The van der Waals surface area contributed by atoms with Gasteiger partial charge < -0.3 is 0 Å². The van der Waals surface area contributed by atoms with E-state index in [1.165, 1.54) is 36.5 Å². The molecule has 0 aliphatic carbocycles. The predicted molar refractivity (Wildman–Crippen MR) is 197 cm³/mol. The molecule has 0 atom stereocenters. The van der Waals surface area contributed by atoms with Gasteiger partial charge in [-0.15, -0.1) is 11.3 Å². The second-order valence-corrected chi connectivity index (χ2v) is 12.7. The minimum absolute atomic E-state index is 0.649. The van der Waals surface area contributed by atoms with Crippen LogP contribution in [0.3, 0.4) is 0 Å². The molecular formula is C43H27N3S. The van der Waals surface area contributed by atoms with Crippen LogP contribution in [-0.4, -0.2) is 15.0 Å². The molecule has 0 amide bonds. The Morgan fingerprint density at radius 1 is 0.319 bits per heavy atom. The zero-order valence-corrected chi connectivity index (χ0v) is 26.2. The third kappa shape index (κ3) is 4.87. The van der Waals surface area contributed by atoms with E-state index in [1.54, 1.807) is 11.3 Å². The zero-order valence-electron chi connectivity index (χ0n) is 25.3. The normalized spacial score (nSPS) is 11.4. The van der Waals surface area contributed by atoms with Crippen LogP contribution in [0.25, 0.3) is 87.4 Å². The van der Waals surface area contributed by atoms with Gasteiger partial charge in [0.05, 0.1) is 0 Å². The smallest absolute Gasteiger partial charge is 0.165 e. The van der Waals surface area contributed by atoms with Crippen molar-refractivity contribution in [1.29, 1.82) is 0 Å². The van der Waals surface area contributed by atoms with Gasteiger partial charge in [0, 0.05) is 36.9 Å². The molecule has 3 nitrogen and oxygen atoms in total. The monoisotopic (exact) mass is 617 g/mol. The summed E-state index contributed by atoms with van der Waals surface area (Å²) >= 11 is 1.79. The van der Waals surface area contributed by atoms with Crippen molar-refractivity contribution in [2.24, 2.45) is 0 Å². The highest BCUT2D eigenvalue weighted by molar-refractivity contribution is 7.26. The number of nitrogens with zero attached hydrogens (tertiary/aromatic N) is 3. The Balaban J connectivity index is 1.27. The molecule has 0 saturated carbocycles. The molecule has 0 unspecified atom stereocenters. The van der Waals surface area contributed by atoms with Crippen LogP contribution in [0.5, 0.6) is 0 Å². The molecule has 0 aliphatic rings.